The third kappa shape index (κ3) is 6.17. The van der Waals surface area contributed by atoms with Crippen LogP contribution in [0.2, 0.25) is 0 Å². The Labute approximate surface area is 116 Å². The first kappa shape index (κ1) is 16.1. The van der Waals surface area contributed by atoms with Gasteiger partial charge in [0.15, 0.2) is 0 Å². The first-order chi connectivity index (χ1) is 9.15. The van der Waals surface area contributed by atoms with Gasteiger partial charge in [0, 0.05) is 20.3 Å². The lowest BCUT2D eigenvalue weighted by atomic mass is 9.93. The average Bonchev–Trinajstić information content (AvgIpc) is 2.37. The maximum atomic E-state index is 13.9. The van der Waals surface area contributed by atoms with Crippen molar-refractivity contribution in [2.24, 2.45) is 5.92 Å². The van der Waals surface area contributed by atoms with Crippen molar-refractivity contribution in [2.75, 3.05) is 26.8 Å². The predicted molar refractivity (Wildman–Crippen MR) is 78.0 cm³/mol. The maximum absolute atomic E-state index is 13.9. The first-order valence-electron chi connectivity index (χ1n) is 7.09. The first-order valence-corrected chi connectivity index (χ1v) is 7.09. The second-order valence-corrected chi connectivity index (χ2v) is 5.41. The lowest BCUT2D eigenvalue weighted by molar-refractivity contribution is 0.190. The van der Waals surface area contributed by atoms with Gasteiger partial charge in [-0.25, -0.2) is 4.39 Å². The molecule has 0 aromatic heterocycles. The molecule has 0 saturated carbocycles. The molecular formula is C16H26FNO. The van der Waals surface area contributed by atoms with Crippen LogP contribution in [-0.4, -0.2) is 26.8 Å². The number of nitrogens with one attached hydrogen (secondary N) is 1. The summed E-state index contributed by atoms with van der Waals surface area (Å²) in [7, 11) is 1.70. The van der Waals surface area contributed by atoms with Gasteiger partial charge in [0.2, 0.25) is 0 Å². The van der Waals surface area contributed by atoms with Crippen molar-refractivity contribution in [3.63, 3.8) is 0 Å². The molecule has 1 unspecified atom stereocenters. The Morgan fingerprint density at radius 3 is 2.58 bits per heavy atom. The molecule has 0 aliphatic carbocycles. The number of halogens is 1. The molecule has 1 atom stereocenters. The van der Waals surface area contributed by atoms with E-state index in [1.807, 2.05) is 12.1 Å². The van der Waals surface area contributed by atoms with Gasteiger partial charge in [0.05, 0.1) is 0 Å². The molecule has 1 rings (SSSR count). The molecule has 19 heavy (non-hydrogen) atoms. The van der Waals surface area contributed by atoms with Crippen LogP contribution in [0.3, 0.4) is 0 Å². The molecule has 1 aromatic carbocycles. The molecule has 0 amide bonds. The minimum Gasteiger partial charge on any atom is -0.385 e. The van der Waals surface area contributed by atoms with E-state index in [1.54, 1.807) is 19.2 Å². The zero-order valence-electron chi connectivity index (χ0n) is 12.3. The van der Waals surface area contributed by atoms with Crippen LogP contribution in [0.1, 0.15) is 38.2 Å². The normalized spacial score (nSPS) is 12.9. The van der Waals surface area contributed by atoms with Crippen LogP contribution in [0.4, 0.5) is 4.39 Å². The standard InChI is InChI=1S/C16H26FNO/c1-13(2)11-18-12-14(7-6-10-19-3)15-8-4-5-9-16(15)17/h4-5,8-9,13-14,18H,6-7,10-12H2,1-3H3. The fourth-order valence-corrected chi connectivity index (χ4v) is 2.19. The van der Waals surface area contributed by atoms with Crippen LogP contribution in [0.25, 0.3) is 0 Å². The lowest BCUT2D eigenvalue weighted by Crippen LogP contribution is -2.26. The van der Waals surface area contributed by atoms with Crippen LogP contribution in [0, 0.1) is 11.7 Å². The van der Waals surface area contributed by atoms with Crippen molar-refractivity contribution < 1.29 is 9.13 Å². The van der Waals surface area contributed by atoms with E-state index < -0.39 is 0 Å². The summed E-state index contributed by atoms with van der Waals surface area (Å²) in [6.07, 6.45) is 1.90. The molecule has 0 bridgehead atoms. The van der Waals surface area contributed by atoms with Gasteiger partial charge in [-0.15, -0.1) is 0 Å². The predicted octanol–water partition coefficient (Wildman–Crippen LogP) is 3.58. The number of rotatable bonds is 9. The Bertz CT molecular complexity index is 354. The molecule has 0 heterocycles. The van der Waals surface area contributed by atoms with Crippen LogP contribution in [0.5, 0.6) is 0 Å². The fourth-order valence-electron chi connectivity index (χ4n) is 2.19. The molecule has 0 aliphatic heterocycles. The molecule has 0 fully saturated rings. The summed E-state index contributed by atoms with van der Waals surface area (Å²) in [5.41, 5.74) is 0.815. The minimum atomic E-state index is -0.101. The van der Waals surface area contributed by atoms with E-state index in [2.05, 4.69) is 19.2 Å². The highest BCUT2D eigenvalue weighted by Crippen LogP contribution is 2.23. The van der Waals surface area contributed by atoms with Crippen molar-refractivity contribution in [3.8, 4) is 0 Å². The van der Waals surface area contributed by atoms with E-state index in [4.69, 9.17) is 4.74 Å². The summed E-state index contributed by atoms with van der Waals surface area (Å²) in [6.45, 7) is 6.87. The van der Waals surface area contributed by atoms with E-state index >= 15 is 0 Å². The fraction of sp³-hybridized carbons (Fsp3) is 0.625. The van der Waals surface area contributed by atoms with E-state index in [9.17, 15) is 4.39 Å². The van der Waals surface area contributed by atoms with E-state index in [0.717, 1.165) is 38.1 Å². The lowest BCUT2D eigenvalue weighted by Gasteiger charge is -2.19. The van der Waals surface area contributed by atoms with Gasteiger partial charge >= 0.3 is 0 Å². The summed E-state index contributed by atoms with van der Waals surface area (Å²) in [5, 5.41) is 3.43. The van der Waals surface area contributed by atoms with Crippen molar-refractivity contribution in [3.05, 3.63) is 35.6 Å². The summed E-state index contributed by atoms with van der Waals surface area (Å²) >= 11 is 0. The zero-order chi connectivity index (χ0) is 14.1. The molecule has 0 aliphatic rings. The highest BCUT2D eigenvalue weighted by Gasteiger charge is 2.15. The van der Waals surface area contributed by atoms with Crippen molar-refractivity contribution in [1.82, 2.24) is 5.32 Å². The van der Waals surface area contributed by atoms with Crippen LogP contribution >= 0.6 is 0 Å². The monoisotopic (exact) mass is 267 g/mol. The highest BCUT2D eigenvalue weighted by molar-refractivity contribution is 5.22. The van der Waals surface area contributed by atoms with Crippen molar-refractivity contribution in [1.29, 1.82) is 0 Å². The minimum absolute atomic E-state index is 0.101. The Morgan fingerprint density at radius 1 is 1.21 bits per heavy atom. The van der Waals surface area contributed by atoms with Gasteiger partial charge in [-0.3, -0.25) is 0 Å². The topological polar surface area (TPSA) is 21.3 Å². The van der Waals surface area contributed by atoms with E-state index in [0.29, 0.717) is 5.92 Å². The largest absolute Gasteiger partial charge is 0.385 e. The molecule has 0 saturated heterocycles. The van der Waals surface area contributed by atoms with Gasteiger partial charge < -0.3 is 10.1 Å². The second-order valence-electron chi connectivity index (χ2n) is 5.41. The second kappa shape index (κ2) is 9.05. The summed E-state index contributed by atoms with van der Waals surface area (Å²) in [6, 6.07) is 7.09. The SMILES string of the molecule is COCCCC(CNCC(C)C)c1ccccc1F. The molecule has 2 nitrogen and oxygen atoms in total. The molecule has 1 N–H and O–H groups in total. The summed E-state index contributed by atoms with van der Waals surface area (Å²) in [5.74, 6) is 0.728. The van der Waals surface area contributed by atoms with Crippen LogP contribution < -0.4 is 5.32 Å². The molecular weight excluding hydrogens is 241 g/mol. The van der Waals surface area contributed by atoms with Crippen LogP contribution in [-0.2, 0) is 4.74 Å². The number of hydrogen-bond acceptors (Lipinski definition) is 2. The maximum Gasteiger partial charge on any atom is 0.126 e. The highest BCUT2D eigenvalue weighted by atomic mass is 19.1. The smallest absolute Gasteiger partial charge is 0.126 e. The molecule has 1 aromatic rings. The quantitative estimate of drug-likeness (QED) is 0.690. The molecule has 3 heteroatoms. The third-order valence-corrected chi connectivity index (χ3v) is 3.19. The molecule has 108 valence electrons. The van der Waals surface area contributed by atoms with Gasteiger partial charge in [-0.05, 0) is 42.9 Å². The summed E-state index contributed by atoms with van der Waals surface area (Å²) < 4.78 is 19.0. The van der Waals surface area contributed by atoms with Gasteiger partial charge in [-0.2, -0.15) is 0 Å². The number of methoxy groups -OCH3 is 1. The van der Waals surface area contributed by atoms with Crippen molar-refractivity contribution in [2.45, 2.75) is 32.6 Å². The Morgan fingerprint density at radius 2 is 1.95 bits per heavy atom. The number of benzene rings is 1. The van der Waals surface area contributed by atoms with E-state index in [-0.39, 0.29) is 11.7 Å². The number of hydrogen-bond donors (Lipinski definition) is 1. The Kier molecular flexibility index (Phi) is 7.68. The molecule has 0 spiro atoms. The molecule has 0 radical (unpaired) electrons. The van der Waals surface area contributed by atoms with Crippen molar-refractivity contribution >= 4 is 0 Å². The van der Waals surface area contributed by atoms with Gasteiger partial charge in [0.1, 0.15) is 5.82 Å². The Hall–Kier alpha value is -0.930. The average molecular weight is 267 g/mol. The van der Waals surface area contributed by atoms with Gasteiger partial charge in [-0.1, -0.05) is 32.0 Å². The zero-order valence-corrected chi connectivity index (χ0v) is 12.3. The van der Waals surface area contributed by atoms with E-state index in [1.165, 1.54) is 0 Å². The number of ether oxygens (including phenoxy) is 1. The van der Waals surface area contributed by atoms with Gasteiger partial charge in [0.25, 0.3) is 0 Å². The summed E-state index contributed by atoms with van der Waals surface area (Å²) in [4.78, 5) is 0. The Balaban J connectivity index is 2.60. The van der Waals surface area contributed by atoms with Crippen LogP contribution in [0.15, 0.2) is 24.3 Å². The third-order valence-electron chi connectivity index (χ3n) is 3.19.